The number of hydrogen-bond acceptors (Lipinski definition) is 2. The molecule has 1 aliphatic heterocycles. The molecule has 0 spiro atoms. The lowest BCUT2D eigenvalue weighted by atomic mass is 9.95. The molecular formula is C23H24ClN3O2. The Balaban J connectivity index is 1.58. The number of H-pyrrole nitrogens is 1. The first-order valence-electron chi connectivity index (χ1n) is 9.70. The molecule has 150 valence electrons. The number of halogens is 1. The zero-order chi connectivity index (χ0) is 20.7. The molecule has 3 aromatic rings. The molecule has 0 aliphatic carbocycles. The van der Waals surface area contributed by atoms with Crippen LogP contribution in [0, 0.1) is 6.92 Å². The fraction of sp³-hybridized carbons (Fsp3) is 0.304. The number of carbonyl (C=O) groups excluding carboxylic acids is 2. The quantitative estimate of drug-likeness (QED) is 0.716. The van der Waals surface area contributed by atoms with Crippen LogP contribution in [0.4, 0.5) is 0 Å². The second-order valence-corrected chi connectivity index (χ2v) is 8.21. The van der Waals surface area contributed by atoms with Crippen molar-refractivity contribution in [3.05, 3.63) is 70.4 Å². The van der Waals surface area contributed by atoms with E-state index >= 15 is 0 Å². The lowest BCUT2D eigenvalue weighted by Gasteiger charge is -2.42. The molecule has 1 saturated heterocycles. The number of nitrogens with one attached hydrogen (secondary N) is 1. The van der Waals surface area contributed by atoms with Gasteiger partial charge in [-0.3, -0.25) is 9.59 Å². The Morgan fingerprint density at radius 2 is 1.55 bits per heavy atom. The topological polar surface area (TPSA) is 56.4 Å². The molecule has 1 aliphatic rings. The monoisotopic (exact) mass is 409 g/mol. The van der Waals surface area contributed by atoms with E-state index in [2.05, 4.69) is 18.0 Å². The third kappa shape index (κ3) is 3.51. The van der Waals surface area contributed by atoms with Gasteiger partial charge in [0, 0.05) is 49.1 Å². The normalized spacial score (nSPS) is 20.0. The number of carbonyl (C=O) groups is 2. The van der Waals surface area contributed by atoms with Crippen LogP contribution in [0.1, 0.15) is 16.7 Å². The summed E-state index contributed by atoms with van der Waals surface area (Å²) in [4.78, 5) is 32.8. The average Bonchev–Trinajstić information content (AvgIpc) is 3.13. The molecule has 2 amide bonds. The Morgan fingerprint density at radius 3 is 2.21 bits per heavy atom. The number of piperazine rings is 1. The summed E-state index contributed by atoms with van der Waals surface area (Å²) in [7, 11) is 3.45. The summed E-state index contributed by atoms with van der Waals surface area (Å²) >= 11 is 5.96. The number of nitrogens with zero attached hydrogens (tertiary/aromatic N) is 2. The molecule has 1 fully saturated rings. The minimum atomic E-state index is -0.507. The van der Waals surface area contributed by atoms with Crippen LogP contribution in [0.5, 0.6) is 0 Å². The van der Waals surface area contributed by atoms with Crippen molar-refractivity contribution < 1.29 is 9.59 Å². The van der Waals surface area contributed by atoms with Gasteiger partial charge in [-0.05, 0) is 41.8 Å². The van der Waals surface area contributed by atoms with E-state index in [0.29, 0.717) is 17.9 Å². The van der Waals surface area contributed by atoms with Crippen molar-refractivity contribution >= 4 is 34.3 Å². The first-order chi connectivity index (χ1) is 13.9. The number of likely N-dealkylation sites (N-methyl/N-ethyl adjacent to an activating group) is 2. The van der Waals surface area contributed by atoms with E-state index in [1.54, 1.807) is 36.0 Å². The van der Waals surface area contributed by atoms with Gasteiger partial charge in [0.25, 0.3) is 0 Å². The van der Waals surface area contributed by atoms with Crippen LogP contribution in [-0.2, 0) is 22.4 Å². The molecule has 0 unspecified atom stereocenters. The molecule has 29 heavy (non-hydrogen) atoms. The Labute approximate surface area is 175 Å². The number of amides is 2. The number of fused-ring (bicyclic) bond motifs is 1. The highest BCUT2D eigenvalue weighted by Crippen LogP contribution is 2.27. The molecule has 0 radical (unpaired) electrons. The van der Waals surface area contributed by atoms with Crippen molar-refractivity contribution in [2.45, 2.75) is 31.8 Å². The number of aromatic amines is 1. The van der Waals surface area contributed by atoms with Crippen LogP contribution in [0.15, 0.2) is 48.7 Å². The minimum Gasteiger partial charge on any atom is -0.361 e. The molecule has 2 atom stereocenters. The molecule has 5 nitrogen and oxygen atoms in total. The lowest BCUT2D eigenvalue weighted by Crippen LogP contribution is -2.63. The van der Waals surface area contributed by atoms with Gasteiger partial charge in [0.1, 0.15) is 12.1 Å². The number of hydrogen-bond donors (Lipinski definition) is 1. The van der Waals surface area contributed by atoms with Crippen molar-refractivity contribution in [1.82, 2.24) is 14.8 Å². The Morgan fingerprint density at radius 1 is 0.931 bits per heavy atom. The summed E-state index contributed by atoms with van der Waals surface area (Å²) in [5, 5.41) is 1.78. The van der Waals surface area contributed by atoms with E-state index in [4.69, 9.17) is 11.6 Å². The number of benzene rings is 2. The van der Waals surface area contributed by atoms with Crippen molar-refractivity contribution in [2.75, 3.05) is 14.1 Å². The zero-order valence-electron chi connectivity index (χ0n) is 16.8. The predicted molar refractivity (Wildman–Crippen MR) is 115 cm³/mol. The Kier molecular flexibility index (Phi) is 5.09. The molecule has 0 saturated carbocycles. The highest BCUT2D eigenvalue weighted by molar-refractivity contribution is 6.30. The third-order valence-corrected chi connectivity index (χ3v) is 6.20. The van der Waals surface area contributed by atoms with Gasteiger partial charge in [-0.25, -0.2) is 0 Å². The fourth-order valence-corrected chi connectivity index (χ4v) is 4.35. The van der Waals surface area contributed by atoms with Gasteiger partial charge < -0.3 is 14.8 Å². The Bertz CT molecular complexity index is 1070. The molecule has 0 bridgehead atoms. The lowest BCUT2D eigenvalue weighted by molar-refractivity contribution is -0.158. The maximum absolute atomic E-state index is 13.2. The highest BCUT2D eigenvalue weighted by atomic mass is 35.5. The summed E-state index contributed by atoms with van der Waals surface area (Å²) < 4.78 is 0. The van der Waals surface area contributed by atoms with Crippen molar-refractivity contribution in [3.63, 3.8) is 0 Å². The molecule has 6 heteroatoms. The first-order valence-corrected chi connectivity index (χ1v) is 10.1. The molecule has 4 rings (SSSR count). The highest BCUT2D eigenvalue weighted by Gasteiger charge is 2.42. The maximum atomic E-state index is 13.2. The fourth-order valence-electron chi connectivity index (χ4n) is 4.22. The third-order valence-electron chi connectivity index (χ3n) is 5.95. The van der Waals surface area contributed by atoms with Crippen LogP contribution < -0.4 is 0 Å². The van der Waals surface area contributed by atoms with Gasteiger partial charge >= 0.3 is 0 Å². The Hall–Kier alpha value is -2.79. The first kappa shape index (κ1) is 19.5. The van der Waals surface area contributed by atoms with E-state index in [1.165, 1.54) is 0 Å². The van der Waals surface area contributed by atoms with Crippen LogP contribution in [-0.4, -0.2) is 52.8 Å². The van der Waals surface area contributed by atoms with E-state index < -0.39 is 12.1 Å². The van der Waals surface area contributed by atoms with Gasteiger partial charge in [0.05, 0.1) is 0 Å². The molecule has 1 aromatic heterocycles. The maximum Gasteiger partial charge on any atom is 0.246 e. The van der Waals surface area contributed by atoms with Gasteiger partial charge in [0.15, 0.2) is 0 Å². The SMILES string of the molecule is Cc1cccc2[nH]cc(C[C@H]3C(=O)N(C)[C@@H](Cc4ccc(Cl)cc4)C(=O)N3C)c12. The molecule has 2 heterocycles. The van der Waals surface area contributed by atoms with Crippen molar-refractivity contribution in [3.8, 4) is 0 Å². The molecule has 1 N–H and O–H groups in total. The minimum absolute atomic E-state index is 0.0333. The summed E-state index contributed by atoms with van der Waals surface area (Å²) in [6, 6.07) is 12.5. The smallest absolute Gasteiger partial charge is 0.246 e. The van der Waals surface area contributed by atoms with E-state index in [9.17, 15) is 9.59 Å². The summed E-state index contributed by atoms with van der Waals surface area (Å²) in [5.74, 6) is -0.0717. The van der Waals surface area contributed by atoms with Gasteiger partial charge in [-0.15, -0.1) is 0 Å². The largest absolute Gasteiger partial charge is 0.361 e. The van der Waals surface area contributed by atoms with Gasteiger partial charge in [-0.1, -0.05) is 35.9 Å². The van der Waals surface area contributed by atoms with Crippen molar-refractivity contribution in [1.29, 1.82) is 0 Å². The zero-order valence-corrected chi connectivity index (χ0v) is 17.5. The molecular weight excluding hydrogens is 386 g/mol. The average molecular weight is 410 g/mol. The second kappa shape index (κ2) is 7.56. The van der Waals surface area contributed by atoms with Crippen LogP contribution in [0.3, 0.4) is 0 Å². The summed E-state index contributed by atoms with van der Waals surface area (Å²) in [6.07, 6.45) is 2.91. The van der Waals surface area contributed by atoms with Gasteiger partial charge in [0.2, 0.25) is 11.8 Å². The standard InChI is InChI=1S/C23H24ClN3O2/c1-14-5-4-6-18-21(14)16(13-25-18)12-20-23(29)26(2)19(22(28)27(20)3)11-15-7-9-17(24)10-8-15/h4-10,13,19-20,25H,11-12H2,1-3H3/t19-,20-/m0/s1. The number of aromatic nitrogens is 1. The second-order valence-electron chi connectivity index (χ2n) is 7.78. The summed E-state index contributed by atoms with van der Waals surface area (Å²) in [5.41, 5.74) is 4.24. The molecule has 2 aromatic carbocycles. The van der Waals surface area contributed by atoms with Crippen molar-refractivity contribution in [2.24, 2.45) is 0 Å². The van der Waals surface area contributed by atoms with Crippen LogP contribution in [0.2, 0.25) is 5.02 Å². The van der Waals surface area contributed by atoms with Crippen LogP contribution >= 0.6 is 11.6 Å². The van der Waals surface area contributed by atoms with E-state index in [0.717, 1.165) is 27.6 Å². The van der Waals surface area contributed by atoms with Gasteiger partial charge in [-0.2, -0.15) is 0 Å². The van der Waals surface area contributed by atoms with E-state index in [1.807, 2.05) is 30.5 Å². The number of aryl methyl sites for hydroxylation is 1. The van der Waals surface area contributed by atoms with Crippen LogP contribution in [0.25, 0.3) is 10.9 Å². The number of rotatable bonds is 4. The summed E-state index contributed by atoms with van der Waals surface area (Å²) in [6.45, 7) is 2.06. The van der Waals surface area contributed by atoms with E-state index in [-0.39, 0.29) is 11.8 Å². The predicted octanol–water partition coefficient (Wildman–Crippen LogP) is 3.58.